The highest BCUT2D eigenvalue weighted by atomic mass is 32.2. The van der Waals surface area contributed by atoms with Crippen molar-refractivity contribution < 1.29 is 13.0 Å². The van der Waals surface area contributed by atoms with Gasteiger partial charge in [0.1, 0.15) is 11.6 Å². The van der Waals surface area contributed by atoms with E-state index in [-0.39, 0.29) is 10.1 Å². The van der Waals surface area contributed by atoms with Crippen molar-refractivity contribution in [2.45, 2.75) is 29.0 Å². The smallest absolute Gasteiger partial charge is 0.142 e. The average Bonchev–Trinajstić information content (AvgIpc) is 2.47. The van der Waals surface area contributed by atoms with Crippen LogP contribution in [-0.2, 0) is 17.2 Å². The predicted molar refractivity (Wildman–Crippen MR) is 78.2 cm³/mol. The summed E-state index contributed by atoms with van der Waals surface area (Å²) in [5.74, 6) is -1.45. The summed E-state index contributed by atoms with van der Waals surface area (Å²) < 4.78 is 39.4. The molecule has 0 aliphatic heterocycles. The van der Waals surface area contributed by atoms with Crippen LogP contribution in [0.3, 0.4) is 0 Å². The Morgan fingerprint density at radius 3 is 2.67 bits per heavy atom. The summed E-state index contributed by atoms with van der Waals surface area (Å²) >= 11 is 0. The lowest BCUT2D eigenvalue weighted by atomic mass is 9.88. The standard InChI is InChI=1S/C16H15F2NOS/c17-11-6-8-14(13(18)9-11)21(20)15-7-5-10-3-1-2-4-12(10)16(15)19/h1-4,6,8-9,15-16H,5,7,19H2. The van der Waals surface area contributed by atoms with Gasteiger partial charge in [0.2, 0.25) is 0 Å². The van der Waals surface area contributed by atoms with Gasteiger partial charge in [-0.2, -0.15) is 0 Å². The average molecular weight is 307 g/mol. The van der Waals surface area contributed by atoms with Crippen LogP contribution in [0.15, 0.2) is 47.4 Å². The van der Waals surface area contributed by atoms with Gasteiger partial charge in [-0.25, -0.2) is 8.78 Å². The molecule has 0 saturated carbocycles. The molecule has 0 bridgehead atoms. The van der Waals surface area contributed by atoms with Gasteiger partial charge in [0.15, 0.2) is 0 Å². The first-order chi connectivity index (χ1) is 10.1. The summed E-state index contributed by atoms with van der Waals surface area (Å²) in [4.78, 5) is 0.0243. The van der Waals surface area contributed by atoms with Gasteiger partial charge >= 0.3 is 0 Å². The van der Waals surface area contributed by atoms with E-state index in [1.807, 2.05) is 24.3 Å². The largest absolute Gasteiger partial charge is 0.323 e. The first-order valence-corrected chi connectivity index (χ1v) is 7.98. The molecule has 1 aliphatic carbocycles. The number of nitrogens with two attached hydrogens (primary N) is 1. The van der Waals surface area contributed by atoms with Crippen molar-refractivity contribution in [1.29, 1.82) is 0 Å². The SMILES string of the molecule is NC1c2ccccc2CCC1S(=O)c1ccc(F)cc1F. The van der Waals surface area contributed by atoms with Gasteiger partial charge in [-0.1, -0.05) is 24.3 Å². The second kappa shape index (κ2) is 5.66. The Morgan fingerprint density at radius 2 is 1.90 bits per heavy atom. The predicted octanol–water partition coefficient (Wildman–Crippen LogP) is 3.09. The van der Waals surface area contributed by atoms with Gasteiger partial charge in [-0.3, -0.25) is 4.21 Å². The summed E-state index contributed by atoms with van der Waals surface area (Å²) in [6.45, 7) is 0. The molecule has 2 aromatic rings. The highest BCUT2D eigenvalue weighted by molar-refractivity contribution is 7.85. The summed E-state index contributed by atoms with van der Waals surface area (Å²) in [6.07, 6.45) is 1.39. The van der Waals surface area contributed by atoms with Crippen molar-refractivity contribution in [3.63, 3.8) is 0 Å². The molecule has 0 aromatic heterocycles. The number of aryl methyl sites for hydroxylation is 1. The van der Waals surface area contributed by atoms with Gasteiger partial charge in [0.25, 0.3) is 0 Å². The second-order valence-electron chi connectivity index (χ2n) is 5.17. The van der Waals surface area contributed by atoms with Crippen molar-refractivity contribution >= 4 is 10.8 Å². The maximum absolute atomic E-state index is 13.8. The minimum atomic E-state index is -1.59. The van der Waals surface area contributed by atoms with Gasteiger partial charge in [0.05, 0.1) is 20.9 Å². The zero-order valence-corrected chi connectivity index (χ0v) is 12.1. The van der Waals surface area contributed by atoms with E-state index in [0.29, 0.717) is 6.42 Å². The molecule has 5 heteroatoms. The molecule has 0 saturated heterocycles. The fraction of sp³-hybridized carbons (Fsp3) is 0.250. The van der Waals surface area contributed by atoms with Gasteiger partial charge in [-0.15, -0.1) is 0 Å². The van der Waals surface area contributed by atoms with Crippen LogP contribution < -0.4 is 5.73 Å². The van der Waals surface area contributed by atoms with Crippen LogP contribution >= 0.6 is 0 Å². The maximum atomic E-state index is 13.8. The zero-order chi connectivity index (χ0) is 15.0. The Hall–Kier alpha value is -1.59. The quantitative estimate of drug-likeness (QED) is 0.926. The lowest BCUT2D eigenvalue weighted by Crippen LogP contribution is -2.35. The highest BCUT2D eigenvalue weighted by Gasteiger charge is 2.32. The third-order valence-corrected chi connectivity index (χ3v) is 5.74. The molecular weight excluding hydrogens is 292 g/mol. The monoisotopic (exact) mass is 307 g/mol. The van der Waals surface area contributed by atoms with Crippen LogP contribution in [0.25, 0.3) is 0 Å². The van der Waals surface area contributed by atoms with Crippen molar-refractivity contribution in [3.8, 4) is 0 Å². The fourth-order valence-electron chi connectivity index (χ4n) is 2.81. The molecule has 3 atom stereocenters. The first-order valence-electron chi connectivity index (χ1n) is 6.77. The van der Waals surface area contributed by atoms with E-state index in [9.17, 15) is 13.0 Å². The third kappa shape index (κ3) is 2.63. The van der Waals surface area contributed by atoms with E-state index in [2.05, 4.69) is 0 Å². The van der Waals surface area contributed by atoms with E-state index < -0.39 is 28.5 Å². The Kier molecular flexibility index (Phi) is 3.87. The minimum absolute atomic E-state index is 0.0243. The van der Waals surface area contributed by atoms with E-state index in [0.717, 1.165) is 29.7 Å². The summed E-state index contributed by atoms with van der Waals surface area (Å²) in [6, 6.07) is 10.5. The molecule has 0 spiro atoms. The summed E-state index contributed by atoms with van der Waals surface area (Å²) in [7, 11) is -1.59. The van der Waals surface area contributed by atoms with Crippen molar-refractivity contribution in [3.05, 3.63) is 65.2 Å². The van der Waals surface area contributed by atoms with Crippen molar-refractivity contribution in [2.24, 2.45) is 5.73 Å². The van der Waals surface area contributed by atoms with Crippen LogP contribution in [0.5, 0.6) is 0 Å². The summed E-state index contributed by atoms with van der Waals surface area (Å²) in [5.41, 5.74) is 8.33. The van der Waals surface area contributed by atoms with Crippen LogP contribution in [0, 0.1) is 11.6 Å². The highest BCUT2D eigenvalue weighted by Crippen LogP contribution is 2.33. The molecule has 3 unspecified atom stereocenters. The molecule has 21 heavy (non-hydrogen) atoms. The molecule has 0 radical (unpaired) electrons. The number of rotatable bonds is 2. The Morgan fingerprint density at radius 1 is 1.14 bits per heavy atom. The molecule has 0 heterocycles. The van der Waals surface area contributed by atoms with Crippen LogP contribution in [0.2, 0.25) is 0 Å². The van der Waals surface area contributed by atoms with Crippen LogP contribution in [-0.4, -0.2) is 9.46 Å². The zero-order valence-electron chi connectivity index (χ0n) is 11.3. The molecule has 0 amide bonds. The van der Waals surface area contributed by atoms with E-state index >= 15 is 0 Å². The van der Waals surface area contributed by atoms with Crippen LogP contribution in [0.1, 0.15) is 23.6 Å². The number of hydrogen-bond acceptors (Lipinski definition) is 2. The van der Waals surface area contributed by atoms with Crippen molar-refractivity contribution in [2.75, 3.05) is 0 Å². The normalized spacial score (nSPS) is 22.6. The second-order valence-corrected chi connectivity index (χ2v) is 6.81. The minimum Gasteiger partial charge on any atom is -0.323 e. The summed E-state index contributed by atoms with van der Waals surface area (Å²) in [5, 5.41) is -0.361. The number of halogens is 2. The molecule has 2 nitrogen and oxygen atoms in total. The van der Waals surface area contributed by atoms with E-state index in [1.165, 1.54) is 6.07 Å². The topological polar surface area (TPSA) is 43.1 Å². The lowest BCUT2D eigenvalue weighted by molar-refractivity contribution is 0.545. The molecule has 2 N–H and O–H groups in total. The molecule has 110 valence electrons. The lowest BCUT2D eigenvalue weighted by Gasteiger charge is -2.30. The first kappa shape index (κ1) is 14.4. The Bertz CT molecular complexity index is 704. The molecule has 2 aromatic carbocycles. The Balaban J connectivity index is 1.93. The number of hydrogen-bond donors (Lipinski definition) is 1. The van der Waals surface area contributed by atoms with Crippen LogP contribution in [0.4, 0.5) is 8.78 Å². The fourth-order valence-corrected chi connectivity index (χ4v) is 4.33. The number of fused-ring (bicyclic) bond motifs is 1. The molecule has 3 rings (SSSR count). The molecule has 0 fully saturated rings. The van der Waals surface area contributed by atoms with Gasteiger partial charge in [-0.05, 0) is 36.1 Å². The maximum Gasteiger partial charge on any atom is 0.142 e. The van der Waals surface area contributed by atoms with E-state index in [4.69, 9.17) is 5.73 Å². The molecular formula is C16H15F2NOS. The number of benzene rings is 2. The molecule has 1 aliphatic rings. The Labute approximate surface area is 124 Å². The van der Waals surface area contributed by atoms with Gasteiger partial charge in [0, 0.05) is 12.1 Å². The third-order valence-electron chi connectivity index (χ3n) is 3.90. The van der Waals surface area contributed by atoms with Gasteiger partial charge < -0.3 is 5.73 Å². The van der Waals surface area contributed by atoms with Crippen molar-refractivity contribution in [1.82, 2.24) is 0 Å². The van der Waals surface area contributed by atoms with E-state index in [1.54, 1.807) is 0 Å².